The van der Waals surface area contributed by atoms with E-state index in [9.17, 15) is 19.1 Å². The van der Waals surface area contributed by atoms with Crippen molar-refractivity contribution >= 4 is 22.6 Å². The van der Waals surface area contributed by atoms with Gasteiger partial charge in [0.05, 0.1) is 12.8 Å². The number of aromatic nitrogens is 2. The lowest BCUT2D eigenvalue weighted by Gasteiger charge is -2.26. The number of primary amides is 1. The number of ketones is 1. The van der Waals surface area contributed by atoms with Crippen LogP contribution in [0.2, 0.25) is 0 Å². The second kappa shape index (κ2) is 9.74. The molecule has 0 unspecified atom stereocenters. The predicted octanol–water partition coefficient (Wildman–Crippen LogP) is 4.45. The first-order valence-corrected chi connectivity index (χ1v) is 12.5. The lowest BCUT2D eigenvalue weighted by atomic mass is 9.81. The minimum Gasteiger partial charge on any atom is -0.494 e. The van der Waals surface area contributed by atoms with Gasteiger partial charge in [0, 0.05) is 34.7 Å². The summed E-state index contributed by atoms with van der Waals surface area (Å²) in [6.07, 6.45) is 1.71. The van der Waals surface area contributed by atoms with Gasteiger partial charge in [-0.3, -0.25) is 14.6 Å². The van der Waals surface area contributed by atoms with E-state index in [1.165, 1.54) is 19.2 Å². The number of hydrogen-bond donors (Lipinski definition) is 2. The molecular weight excluding hydrogens is 501 g/mol. The summed E-state index contributed by atoms with van der Waals surface area (Å²) in [7, 11) is 1.52. The van der Waals surface area contributed by atoms with Gasteiger partial charge in [0.2, 0.25) is 5.91 Å². The Morgan fingerprint density at radius 2 is 1.95 bits per heavy atom. The zero-order valence-electron chi connectivity index (χ0n) is 21.8. The molecule has 0 aliphatic carbocycles. The highest BCUT2D eigenvalue weighted by atomic mass is 19.1. The minimum absolute atomic E-state index is 0.0101. The monoisotopic (exact) mass is 529 g/mol. The molecule has 5 rings (SSSR count). The van der Waals surface area contributed by atoms with Gasteiger partial charge in [-0.15, -0.1) is 0 Å². The second-order valence-corrected chi connectivity index (χ2v) is 10.2. The van der Waals surface area contributed by atoms with Gasteiger partial charge in [0.15, 0.2) is 5.78 Å². The molecule has 4 aromatic rings. The van der Waals surface area contributed by atoms with Gasteiger partial charge in [-0.05, 0) is 68.8 Å². The van der Waals surface area contributed by atoms with E-state index in [0.29, 0.717) is 39.4 Å². The molecular formula is C30H28FN3O5. The number of hydrogen-bond acceptors (Lipinski definition) is 7. The maximum absolute atomic E-state index is 13.6. The van der Waals surface area contributed by atoms with Crippen LogP contribution in [-0.4, -0.2) is 40.5 Å². The number of nitrogens with two attached hydrogens (primary N) is 1. The van der Waals surface area contributed by atoms with Crippen molar-refractivity contribution in [3.05, 3.63) is 83.4 Å². The van der Waals surface area contributed by atoms with Crippen LogP contribution in [0.25, 0.3) is 22.2 Å². The van der Waals surface area contributed by atoms with Crippen LogP contribution in [-0.2, 0) is 15.8 Å². The van der Waals surface area contributed by atoms with Gasteiger partial charge in [-0.1, -0.05) is 6.07 Å². The maximum atomic E-state index is 13.6. The van der Waals surface area contributed by atoms with Crippen molar-refractivity contribution in [1.29, 1.82) is 0 Å². The molecule has 8 nitrogen and oxygen atoms in total. The summed E-state index contributed by atoms with van der Waals surface area (Å²) in [5, 5.41) is 12.3. The van der Waals surface area contributed by atoms with Crippen molar-refractivity contribution in [2.24, 2.45) is 5.73 Å². The molecule has 2 aromatic heterocycles. The van der Waals surface area contributed by atoms with Crippen molar-refractivity contribution in [3.63, 3.8) is 0 Å². The van der Waals surface area contributed by atoms with Crippen LogP contribution in [0.4, 0.5) is 4.39 Å². The third-order valence-corrected chi connectivity index (χ3v) is 7.34. The molecule has 0 fully saturated rings. The Morgan fingerprint density at radius 3 is 2.64 bits per heavy atom. The number of carbonyl (C=O) groups excluding carboxylic acids is 2. The molecule has 3 heterocycles. The molecule has 0 saturated heterocycles. The number of nitrogens with zero attached hydrogens (tertiary/aromatic N) is 2. The molecule has 3 N–H and O–H groups in total. The van der Waals surface area contributed by atoms with Crippen molar-refractivity contribution in [2.45, 2.75) is 37.7 Å². The number of Topliss-reactive ketones (excluding diaryl/α,β-unsaturated/α-hetero) is 1. The van der Waals surface area contributed by atoms with Gasteiger partial charge >= 0.3 is 0 Å². The Hall–Kier alpha value is -4.37. The number of benzene rings is 2. The second-order valence-electron chi connectivity index (χ2n) is 10.2. The molecule has 0 bridgehead atoms. The van der Waals surface area contributed by atoms with Crippen molar-refractivity contribution in [1.82, 2.24) is 9.97 Å². The average molecular weight is 530 g/mol. The van der Waals surface area contributed by atoms with Gasteiger partial charge in [0.1, 0.15) is 46.1 Å². The molecule has 9 heteroatoms. The highest BCUT2D eigenvalue weighted by molar-refractivity contribution is 6.01. The van der Waals surface area contributed by atoms with E-state index in [0.717, 1.165) is 5.39 Å². The van der Waals surface area contributed by atoms with Gasteiger partial charge in [-0.25, -0.2) is 9.37 Å². The SMILES string of the molecule is COc1cc(C(=O)CC[C@](C)(O)c2cc3c(c(-c4ccc(F)cc4)n2)OC[C@]3(C)C(N)=O)cc2cccnc12. The van der Waals surface area contributed by atoms with Gasteiger partial charge < -0.3 is 20.3 Å². The fraction of sp³-hybridized carbons (Fsp3) is 0.267. The van der Waals surface area contributed by atoms with Crippen LogP contribution in [0.5, 0.6) is 11.5 Å². The normalized spacial score (nSPS) is 17.8. The highest BCUT2D eigenvalue weighted by Crippen LogP contribution is 2.46. The lowest BCUT2D eigenvalue weighted by molar-refractivity contribution is -0.123. The minimum atomic E-state index is -1.55. The Labute approximate surface area is 224 Å². The van der Waals surface area contributed by atoms with Crippen LogP contribution in [0.3, 0.4) is 0 Å². The zero-order chi connectivity index (χ0) is 27.9. The lowest BCUT2D eigenvalue weighted by Crippen LogP contribution is -2.40. The number of halogens is 1. The van der Waals surface area contributed by atoms with Gasteiger partial charge in [0.25, 0.3) is 0 Å². The molecule has 2 aromatic carbocycles. The summed E-state index contributed by atoms with van der Waals surface area (Å²) < 4.78 is 24.9. The third kappa shape index (κ3) is 4.70. The molecule has 1 aliphatic rings. The molecule has 39 heavy (non-hydrogen) atoms. The number of carbonyl (C=O) groups is 2. The van der Waals surface area contributed by atoms with Crippen molar-refractivity contribution in [2.75, 3.05) is 13.7 Å². The van der Waals surface area contributed by atoms with E-state index < -0.39 is 22.7 Å². The molecule has 200 valence electrons. The standard InChI is InChI=1S/C30H28FN3O5/c1-29(28(32)36)16-39-27-21(29)15-24(34-26(27)17-6-8-20(31)9-7-17)30(2,37)11-10-22(35)19-13-18-5-4-12-33-25(18)23(14-19)38-3/h4-9,12-15,37H,10-11,16H2,1-3H3,(H2,32,36)/t29-,30-/m0/s1. The van der Waals surface area contributed by atoms with Crippen molar-refractivity contribution in [3.8, 4) is 22.8 Å². The molecule has 1 amide bonds. The van der Waals surface area contributed by atoms with E-state index >= 15 is 0 Å². The molecule has 0 spiro atoms. The topological polar surface area (TPSA) is 125 Å². The summed E-state index contributed by atoms with van der Waals surface area (Å²) in [5.41, 5.74) is 5.74. The fourth-order valence-electron chi connectivity index (χ4n) is 4.77. The smallest absolute Gasteiger partial charge is 0.231 e. The first-order chi connectivity index (χ1) is 18.5. The number of ether oxygens (including phenoxy) is 2. The summed E-state index contributed by atoms with van der Waals surface area (Å²) in [6, 6.07) is 14.3. The summed E-state index contributed by atoms with van der Waals surface area (Å²) in [4.78, 5) is 34.6. The first-order valence-electron chi connectivity index (χ1n) is 12.5. The predicted molar refractivity (Wildman–Crippen MR) is 143 cm³/mol. The van der Waals surface area contributed by atoms with Crippen LogP contribution >= 0.6 is 0 Å². The van der Waals surface area contributed by atoms with Gasteiger partial charge in [-0.2, -0.15) is 0 Å². The van der Waals surface area contributed by atoms with E-state index in [4.69, 9.17) is 15.2 Å². The summed E-state index contributed by atoms with van der Waals surface area (Å²) in [5.74, 6) is -0.350. The molecule has 0 radical (unpaired) electrons. The molecule has 0 saturated carbocycles. The summed E-state index contributed by atoms with van der Waals surface area (Å²) >= 11 is 0. The summed E-state index contributed by atoms with van der Waals surface area (Å²) in [6.45, 7) is 3.24. The highest BCUT2D eigenvalue weighted by Gasteiger charge is 2.45. The van der Waals surface area contributed by atoms with Crippen LogP contribution < -0.4 is 15.2 Å². The quantitative estimate of drug-likeness (QED) is 0.323. The average Bonchev–Trinajstić information content (AvgIpc) is 3.29. The van der Waals surface area contributed by atoms with E-state index in [-0.39, 0.29) is 30.9 Å². The van der Waals surface area contributed by atoms with Crippen LogP contribution in [0.15, 0.2) is 60.8 Å². The number of methoxy groups -OCH3 is 1. The fourth-order valence-corrected chi connectivity index (χ4v) is 4.77. The van der Waals surface area contributed by atoms with E-state index in [1.54, 1.807) is 56.4 Å². The number of amides is 1. The largest absolute Gasteiger partial charge is 0.494 e. The third-order valence-electron chi connectivity index (χ3n) is 7.34. The van der Waals surface area contributed by atoms with E-state index in [1.807, 2.05) is 6.07 Å². The number of fused-ring (bicyclic) bond motifs is 2. The van der Waals surface area contributed by atoms with Crippen LogP contribution in [0.1, 0.15) is 48.3 Å². The Kier molecular flexibility index (Phi) is 6.56. The number of rotatable bonds is 8. The Bertz CT molecular complexity index is 1600. The Morgan fingerprint density at radius 1 is 1.21 bits per heavy atom. The first kappa shape index (κ1) is 26.2. The molecule has 1 aliphatic heterocycles. The molecule has 2 atom stereocenters. The van der Waals surface area contributed by atoms with E-state index in [2.05, 4.69) is 9.97 Å². The van der Waals surface area contributed by atoms with Crippen LogP contribution in [0, 0.1) is 5.82 Å². The Balaban J connectivity index is 1.49. The number of aliphatic hydroxyl groups is 1. The maximum Gasteiger partial charge on any atom is 0.231 e. The zero-order valence-corrected chi connectivity index (χ0v) is 21.8. The number of pyridine rings is 2. The van der Waals surface area contributed by atoms with Crippen molar-refractivity contribution < 1.29 is 28.6 Å².